The summed E-state index contributed by atoms with van der Waals surface area (Å²) < 4.78 is 0. The molecule has 19 heavy (non-hydrogen) atoms. The molecule has 1 aliphatic carbocycles. The molecule has 1 heterocycles. The van der Waals surface area contributed by atoms with Crippen LogP contribution in [0.15, 0.2) is 0 Å². The van der Waals surface area contributed by atoms with Crippen molar-refractivity contribution < 1.29 is 4.79 Å². The first-order chi connectivity index (χ1) is 9.15. The summed E-state index contributed by atoms with van der Waals surface area (Å²) in [5, 5.41) is 7.28. The van der Waals surface area contributed by atoms with Gasteiger partial charge in [0.15, 0.2) is 0 Å². The molecule has 3 nitrogen and oxygen atoms in total. The molecule has 0 aromatic carbocycles. The molecule has 1 aliphatic heterocycles. The van der Waals surface area contributed by atoms with E-state index in [-0.39, 0.29) is 5.91 Å². The van der Waals surface area contributed by atoms with Crippen LogP contribution < -0.4 is 10.6 Å². The van der Waals surface area contributed by atoms with E-state index < -0.39 is 0 Å². The topological polar surface area (TPSA) is 41.1 Å². The van der Waals surface area contributed by atoms with Crippen LogP contribution in [-0.2, 0) is 4.79 Å². The van der Waals surface area contributed by atoms with Crippen molar-refractivity contribution in [2.45, 2.75) is 57.2 Å². The number of nitrogens with one attached hydrogen (secondary N) is 2. The van der Waals surface area contributed by atoms with Gasteiger partial charge in [0.05, 0.1) is 5.75 Å². The molecule has 1 amide bonds. The SMILES string of the molecule is CC1CCC(NC(=O)CSC2CCNCC2)CC1C. The van der Waals surface area contributed by atoms with Gasteiger partial charge in [-0.05, 0) is 57.0 Å². The van der Waals surface area contributed by atoms with Crippen LogP contribution in [0.5, 0.6) is 0 Å². The Labute approximate surface area is 121 Å². The quantitative estimate of drug-likeness (QED) is 0.833. The van der Waals surface area contributed by atoms with E-state index in [0.717, 1.165) is 37.8 Å². The zero-order valence-corrected chi connectivity index (χ0v) is 13.1. The number of amides is 1. The maximum absolute atomic E-state index is 12.0. The van der Waals surface area contributed by atoms with E-state index in [9.17, 15) is 4.79 Å². The van der Waals surface area contributed by atoms with Crippen LogP contribution in [0.25, 0.3) is 0 Å². The molecule has 2 aliphatic rings. The Balaban J connectivity index is 1.63. The van der Waals surface area contributed by atoms with E-state index >= 15 is 0 Å². The van der Waals surface area contributed by atoms with Crippen LogP contribution in [-0.4, -0.2) is 36.0 Å². The summed E-state index contributed by atoms with van der Waals surface area (Å²) >= 11 is 1.84. The summed E-state index contributed by atoms with van der Waals surface area (Å²) in [6.45, 7) is 6.86. The van der Waals surface area contributed by atoms with Gasteiger partial charge in [0.2, 0.25) is 5.91 Å². The summed E-state index contributed by atoms with van der Waals surface area (Å²) in [4.78, 5) is 12.0. The Morgan fingerprint density at radius 2 is 1.89 bits per heavy atom. The molecular weight excluding hydrogens is 256 g/mol. The van der Waals surface area contributed by atoms with Crippen molar-refractivity contribution in [3.8, 4) is 0 Å². The maximum atomic E-state index is 12.0. The molecule has 3 unspecified atom stereocenters. The lowest BCUT2D eigenvalue weighted by molar-refractivity contribution is -0.119. The highest BCUT2D eigenvalue weighted by Crippen LogP contribution is 2.29. The standard InChI is InChI=1S/C15H28N2OS/c1-11-3-4-13(9-12(11)2)17-15(18)10-19-14-5-7-16-8-6-14/h11-14,16H,3-10H2,1-2H3,(H,17,18). The number of hydrogen-bond donors (Lipinski definition) is 2. The fraction of sp³-hybridized carbons (Fsp3) is 0.933. The van der Waals surface area contributed by atoms with Crippen LogP contribution in [0.2, 0.25) is 0 Å². The van der Waals surface area contributed by atoms with Crippen LogP contribution in [0.3, 0.4) is 0 Å². The second-order valence-corrected chi connectivity index (χ2v) is 7.58. The minimum absolute atomic E-state index is 0.246. The monoisotopic (exact) mass is 284 g/mol. The number of thioether (sulfide) groups is 1. The van der Waals surface area contributed by atoms with Gasteiger partial charge in [-0.1, -0.05) is 13.8 Å². The van der Waals surface area contributed by atoms with Gasteiger partial charge in [0.25, 0.3) is 0 Å². The molecule has 2 N–H and O–H groups in total. The van der Waals surface area contributed by atoms with Gasteiger partial charge < -0.3 is 10.6 Å². The molecule has 4 heteroatoms. The van der Waals surface area contributed by atoms with Gasteiger partial charge in [-0.15, -0.1) is 11.8 Å². The molecule has 110 valence electrons. The lowest BCUT2D eigenvalue weighted by atomic mass is 9.79. The van der Waals surface area contributed by atoms with E-state index in [1.54, 1.807) is 0 Å². The molecule has 1 saturated carbocycles. The van der Waals surface area contributed by atoms with Crippen LogP contribution in [0.1, 0.15) is 46.0 Å². The minimum atomic E-state index is 0.246. The zero-order valence-electron chi connectivity index (χ0n) is 12.3. The van der Waals surface area contributed by atoms with Crippen molar-refractivity contribution in [3.05, 3.63) is 0 Å². The number of hydrogen-bond acceptors (Lipinski definition) is 3. The Morgan fingerprint density at radius 3 is 2.58 bits per heavy atom. The molecule has 1 saturated heterocycles. The highest BCUT2D eigenvalue weighted by Gasteiger charge is 2.25. The molecule has 0 aromatic heterocycles. The zero-order chi connectivity index (χ0) is 13.7. The van der Waals surface area contributed by atoms with E-state index in [1.807, 2.05) is 11.8 Å². The van der Waals surface area contributed by atoms with Crippen LogP contribution in [0, 0.1) is 11.8 Å². The van der Waals surface area contributed by atoms with Crippen molar-refractivity contribution in [3.63, 3.8) is 0 Å². The van der Waals surface area contributed by atoms with Crippen LogP contribution in [0.4, 0.5) is 0 Å². The van der Waals surface area contributed by atoms with Gasteiger partial charge >= 0.3 is 0 Å². The van der Waals surface area contributed by atoms with E-state index in [0.29, 0.717) is 17.0 Å². The summed E-state index contributed by atoms with van der Waals surface area (Å²) in [6.07, 6.45) is 5.99. The van der Waals surface area contributed by atoms with E-state index in [2.05, 4.69) is 24.5 Å². The largest absolute Gasteiger partial charge is 0.353 e. The van der Waals surface area contributed by atoms with Gasteiger partial charge in [-0.3, -0.25) is 4.79 Å². The van der Waals surface area contributed by atoms with E-state index in [1.165, 1.54) is 19.3 Å². The third kappa shape index (κ3) is 4.99. The number of carbonyl (C=O) groups excluding carboxylic acids is 1. The van der Waals surface area contributed by atoms with Crippen molar-refractivity contribution in [1.82, 2.24) is 10.6 Å². The van der Waals surface area contributed by atoms with Gasteiger partial charge in [0.1, 0.15) is 0 Å². The maximum Gasteiger partial charge on any atom is 0.230 e. The molecule has 0 aromatic rings. The van der Waals surface area contributed by atoms with Gasteiger partial charge in [0, 0.05) is 11.3 Å². The Hall–Kier alpha value is -0.220. The van der Waals surface area contributed by atoms with Crippen molar-refractivity contribution >= 4 is 17.7 Å². The lowest BCUT2D eigenvalue weighted by Gasteiger charge is -2.32. The second-order valence-electron chi connectivity index (χ2n) is 6.29. The van der Waals surface area contributed by atoms with Gasteiger partial charge in [-0.25, -0.2) is 0 Å². The molecule has 3 atom stereocenters. The number of rotatable bonds is 4. The first kappa shape index (κ1) is 15.2. The lowest BCUT2D eigenvalue weighted by Crippen LogP contribution is -2.41. The number of carbonyl (C=O) groups is 1. The van der Waals surface area contributed by atoms with E-state index in [4.69, 9.17) is 0 Å². The van der Waals surface area contributed by atoms with Crippen LogP contribution >= 0.6 is 11.8 Å². The molecular formula is C15H28N2OS. The first-order valence-electron chi connectivity index (χ1n) is 7.77. The van der Waals surface area contributed by atoms with Crippen molar-refractivity contribution in [2.24, 2.45) is 11.8 Å². The summed E-state index contributed by atoms with van der Waals surface area (Å²) in [7, 11) is 0. The average Bonchev–Trinajstić information content (AvgIpc) is 2.42. The summed E-state index contributed by atoms with van der Waals surface area (Å²) in [5.74, 6) is 2.45. The normalized spacial score (nSPS) is 33.1. The fourth-order valence-corrected chi connectivity index (χ4v) is 4.14. The number of piperidine rings is 1. The first-order valence-corrected chi connectivity index (χ1v) is 8.81. The predicted octanol–water partition coefficient (Wildman–Crippen LogP) is 2.41. The predicted molar refractivity (Wildman–Crippen MR) is 82.5 cm³/mol. The summed E-state index contributed by atoms with van der Waals surface area (Å²) in [6, 6.07) is 0.423. The highest BCUT2D eigenvalue weighted by molar-refractivity contribution is 8.00. The molecule has 0 bridgehead atoms. The average molecular weight is 284 g/mol. The third-order valence-corrected chi connectivity index (χ3v) is 6.07. The molecule has 0 radical (unpaired) electrons. The Morgan fingerprint density at radius 1 is 1.16 bits per heavy atom. The second kappa shape index (κ2) is 7.53. The van der Waals surface area contributed by atoms with Crippen molar-refractivity contribution in [1.29, 1.82) is 0 Å². The minimum Gasteiger partial charge on any atom is -0.353 e. The van der Waals surface area contributed by atoms with Crippen molar-refractivity contribution in [2.75, 3.05) is 18.8 Å². The van der Waals surface area contributed by atoms with Gasteiger partial charge in [-0.2, -0.15) is 0 Å². The summed E-state index contributed by atoms with van der Waals surface area (Å²) in [5.41, 5.74) is 0. The molecule has 2 rings (SSSR count). The molecule has 0 spiro atoms. The Bertz CT molecular complexity index is 292. The smallest absolute Gasteiger partial charge is 0.230 e. The third-order valence-electron chi connectivity index (χ3n) is 4.70. The highest BCUT2D eigenvalue weighted by atomic mass is 32.2. The Kier molecular flexibility index (Phi) is 6.02. The molecule has 2 fully saturated rings. The fourth-order valence-electron chi connectivity index (χ4n) is 3.10.